The molecule has 0 atom stereocenters. The SMILES string of the molecule is [2H]Cn1c(=O)c2c(nc([2H])n2C[2H])n(C([2H])([2H])[2H])c1=O. The molecule has 0 aromatic carbocycles. The van der Waals surface area contributed by atoms with Crippen molar-refractivity contribution in [3.05, 3.63) is 27.1 Å². The van der Waals surface area contributed by atoms with E-state index in [-0.39, 0.29) is 5.52 Å². The van der Waals surface area contributed by atoms with Crippen molar-refractivity contribution in [2.24, 2.45) is 21.0 Å². The third-order valence-electron chi connectivity index (χ3n) is 1.84. The summed E-state index contributed by atoms with van der Waals surface area (Å²) in [6.07, 6.45) is -0.493. The number of imidazole rings is 1. The molecule has 2 rings (SSSR count). The summed E-state index contributed by atoms with van der Waals surface area (Å²) >= 11 is 0. The predicted octanol–water partition coefficient (Wildman–Crippen LogP) is -1.03. The Morgan fingerprint density at radius 3 is 2.93 bits per heavy atom. The van der Waals surface area contributed by atoms with E-state index in [1.807, 2.05) is 0 Å². The summed E-state index contributed by atoms with van der Waals surface area (Å²) in [6, 6.07) is 0. The molecule has 6 nitrogen and oxygen atoms in total. The fourth-order valence-electron chi connectivity index (χ4n) is 1.12. The lowest BCUT2D eigenvalue weighted by atomic mass is 10.5. The number of nitrogens with zero attached hydrogens (tertiary/aromatic N) is 4. The summed E-state index contributed by atoms with van der Waals surface area (Å²) in [5.41, 5.74) is -2.93. The molecule has 0 aliphatic heterocycles. The van der Waals surface area contributed by atoms with Crippen molar-refractivity contribution in [1.82, 2.24) is 18.7 Å². The highest BCUT2D eigenvalue weighted by Crippen LogP contribution is 2.01. The third kappa shape index (κ3) is 0.876. The Kier molecular flexibility index (Phi) is 0.756. The van der Waals surface area contributed by atoms with Gasteiger partial charge in [0.25, 0.3) is 5.56 Å². The molecule has 2 aromatic rings. The number of aromatic nitrogens is 4. The molecule has 0 saturated carbocycles. The van der Waals surface area contributed by atoms with Crippen molar-refractivity contribution in [1.29, 1.82) is 0 Å². The van der Waals surface area contributed by atoms with Gasteiger partial charge in [-0.1, -0.05) is 0 Å². The molecule has 0 fully saturated rings. The highest BCUT2D eigenvalue weighted by Gasteiger charge is 2.11. The number of rotatable bonds is 0. The van der Waals surface area contributed by atoms with E-state index in [4.69, 9.17) is 8.22 Å². The fourth-order valence-corrected chi connectivity index (χ4v) is 1.12. The van der Waals surface area contributed by atoms with Crippen molar-refractivity contribution < 1.29 is 8.22 Å². The Labute approximate surface area is 87.5 Å². The van der Waals surface area contributed by atoms with Crippen molar-refractivity contribution in [2.45, 2.75) is 0 Å². The lowest BCUT2D eigenvalue weighted by molar-refractivity contribution is 0.705. The Hall–Kier alpha value is -1.85. The average molecular weight is 200 g/mol. The van der Waals surface area contributed by atoms with Gasteiger partial charge in [0.05, 0.1) is 6.30 Å². The minimum atomic E-state index is -2.91. The third-order valence-corrected chi connectivity index (χ3v) is 1.84. The first-order chi connectivity index (χ1) is 9.23. The van der Waals surface area contributed by atoms with Gasteiger partial charge in [0.15, 0.2) is 11.2 Å². The summed E-state index contributed by atoms with van der Waals surface area (Å²) in [4.78, 5) is 27.6. The molecule has 0 aliphatic carbocycles. The van der Waals surface area contributed by atoms with E-state index in [1.54, 1.807) is 0 Å². The van der Waals surface area contributed by atoms with Gasteiger partial charge < -0.3 is 4.57 Å². The molecule has 2 aromatic heterocycles. The topological polar surface area (TPSA) is 61.8 Å². The van der Waals surface area contributed by atoms with Crippen molar-refractivity contribution in [3.63, 3.8) is 0 Å². The zero-order chi connectivity index (χ0) is 15.2. The highest BCUT2D eigenvalue weighted by molar-refractivity contribution is 5.69. The van der Waals surface area contributed by atoms with Gasteiger partial charge in [0.2, 0.25) is 0 Å². The normalized spacial score (nSPS) is 18.0. The molecule has 0 unspecified atom stereocenters. The number of fused-ring (bicyclic) bond motifs is 1. The van der Waals surface area contributed by atoms with E-state index < -0.39 is 44.2 Å². The maximum atomic E-state index is 12.1. The molecule has 0 saturated heterocycles. The van der Waals surface area contributed by atoms with Gasteiger partial charge in [-0.2, -0.15) is 0 Å². The van der Waals surface area contributed by atoms with Crippen LogP contribution in [-0.4, -0.2) is 18.7 Å². The maximum Gasteiger partial charge on any atom is 0.332 e. The second kappa shape index (κ2) is 2.57. The van der Waals surface area contributed by atoms with Crippen molar-refractivity contribution in [2.75, 3.05) is 0 Å². The van der Waals surface area contributed by atoms with E-state index in [1.165, 1.54) is 0 Å². The summed E-state index contributed by atoms with van der Waals surface area (Å²) in [6.45, 7) is -2.91. The van der Waals surface area contributed by atoms with Crippen LogP contribution in [0.1, 0.15) is 8.22 Å². The molecule has 0 radical (unpaired) electrons. The van der Waals surface area contributed by atoms with E-state index >= 15 is 0 Å². The molecule has 0 aliphatic rings. The second-order valence-electron chi connectivity index (χ2n) is 2.66. The highest BCUT2D eigenvalue weighted by atomic mass is 16.2. The van der Waals surface area contributed by atoms with Crippen LogP contribution in [0.4, 0.5) is 0 Å². The first-order valence-corrected chi connectivity index (χ1v) is 3.55. The van der Waals surface area contributed by atoms with Crippen LogP contribution >= 0.6 is 0 Å². The van der Waals surface area contributed by atoms with Crippen LogP contribution in [0, 0.1) is 0 Å². The van der Waals surface area contributed by atoms with Crippen LogP contribution in [0.2, 0.25) is 0 Å². The Bertz CT molecular complexity index is 785. The van der Waals surface area contributed by atoms with Gasteiger partial charge >= 0.3 is 5.69 Å². The van der Waals surface area contributed by atoms with Gasteiger partial charge in [-0.3, -0.25) is 13.9 Å². The van der Waals surface area contributed by atoms with Gasteiger partial charge in [-0.25, -0.2) is 9.78 Å². The zero-order valence-corrected chi connectivity index (χ0v) is 7.02. The molecule has 2 heterocycles. The first-order valence-electron chi connectivity index (χ1n) is 6.97. The van der Waals surface area contributed by atoms with Gasteiger partial charge in [0, 0.05) is 27.9 Å². The molecular weight excluding hydrogens is 184 g/mol. The van der Waals surface area contributed by atoms with Gasteiger partial charge in [0.1, 0.15) is 1.37 Å². The van der Waals surface area contributed by atoms with Gasteiger partial charge in [-0.15, -0.1) is 0 Å². The summed E-state index contributed by atoms with van der Waals surface area (Å²) in [5, 5.41) is 0. The smallest absolute Gasteiger partial charge is 0.328 e. The molecule has 0 bridgehead atoms. The monoisotopic (exact) mass is 200 g/mol. The largest absolute Gasteiger partial charge is 0.332 e. The lowest BCUT2D eigenvalue weighted by Gasteiger charge is -2.02. The number of hydrogen-bond acceptors (Lipinski definition) is 3. The minimum absolute atomic E-state index is 0.294. The number of aryl methyl sites for hydroxylation is 2. The predicted molar refractivity (Wildman–Crippen MR) is 51.2 cm³/mol. The molecule has 0 N–H and O–H groups in total. The Morgan fingerprint density at radius 2 is 2.29 bits per heavy atom. The quantitative estimate of drug-likeness (QED) is 0.546. The molecule has 14 heavy (non-hydrogen) atoms. The summed E-state index contributed by atoms with van der Waals surface area (Å²) in [5.74, 6) is 0. The molecule has 6 heteroatoms. The number of hydrogen-bond donors (Lipinski definition) is 0. The van der Waals surface area contributed by atoms with Crippen LogP contribution in [0.15, 0.2) is 15.9 Å². The fraction of sp³-hybridized carbons (Fsp3) is 0.375. The van der Waals surface area contributed by atoms with E-state index in [0.29, 0.717) is 9.13 Å². The Balaban J connectivity index is 3.15. The van der Waals surface area contributed by atoms with Crippen LogP contribution in [0.5, 0.6) is 0 Å². The Morgan fingerprint density at radius 1 is 1.43 bits per heavy atom. The molecular formula is C8H10N4O2. The molecule has 74 valence electrons. The van der Waals surface area contributed by atoms with Crippen LogP contribution in [0.3, 0.4) is 0 Å². The van der Waals surface area contributed by atoms with E-state index in [0.717, 1.165) is 4.57 Å². The zero-order valence-electron chi connectivity index (χ0n) is 13.0. The minimum Gasteiger partial charge on any atom is -0.328 e. The first kappa shape index (κ1) is 4.12. The standard InChI is InChI=1S/C8H10N4O2/c1-10-4-9-6-5(10)7(13)12(3)8(14)11(6)2/h4H,1-3H3/i1D,2D3,3D,4D. The van der Waals surface area contributed by atoms with E-state index in [2.05, 4.69) is 4.98 Å². The second-order valence-corrected chi connectivity index (χ2v) is 2.66. The molecule has 0 spiro atoms. The van der Waals surface area contributed by atoms with Crippen molar-refractivity contribution >= 4 is 11.2 Å². The van der Waals surface area contributed by atoms with Crippen LogP contribution < -0.4 is 11.2 Å². The summed E-state index contributed by atoms with van der Waals surface area (Å²) in [7, 11) is -1.29. The van der Waals surface area contributed by atoms with Crippen LogP contribution in [-0.2, 0) is 21.0 Å². The molecule has 0 amide bonds. The summed E-state index contributed by atoms with van der Waals surface area (Å²) < 4.78 is 45.6. The van der Waals surface area contributed by atoms with Gasteiger partial charge in [-0.05, 0) is 0 Å². The van der Waals surface area contributed by atoms with Crippen LogP contribution in [0.25, 0.3) is 11.2 Å². The van der Waals surface area contributed by atoms with Crippen molar-refractivity contribution in [3.8, 4) is 0 Å². The van der Waals surface area contributed by atoms with E-state index in [9.17, 15) is 9.59 Å². The average Bonchev–Trinajstić information content (AvgIpc) is 2.64. The lowest BCUT2D eigenvalue weighted by Crippen LogP contribution is -2.37. The maximum absolute atomic E-state index is 12.1.